The first-order valence-corrected chi connectivity index (χ1v) is 8.08. The predicted octanol–water partition coefficient (Wildman–Crippen LogP) is 1.52. The number of carboxylic acids is 1. The molecular weight excluding hydrogens is 290 g/mol. The Hall–Kier alpha value is -1.41. The van der Waals surface area contributed by atoms with Crippen molar-refractivity contribution in [1.82, 2.24) is 0 Å². The van der Waals surface area contributed by atoms with E-state index < -0.39 is 26.5 Å². The molecule has 1 rings (SSSR count). The first-order chi connectivity index (χ1) is 8.48. The summed E-state index contributed by atoms with van der Waals surface area (Å²) in [7, 11) is -3.61. The highest BCUT2D eigenvalue weighted by Gasteiger charge is 2.39. The van der Waals surface area contributed by atoms with Gasteiger partial charge in [0.2, 0.25) is 5.91 Å². The van der Waals surface area contributed by atoms with E-state index in [-0.39, 0.29) is 10.6 Å². The van der Waals surface area contributed by atoms with Gasteiger partial charge in [0.1, 0.15) is 9.62 Å². The van der Waals surface area contributed by atoms with Gasteiger partial charge in [-0.2, -0.15) is 0 Å². The van der Waals surface area contributed by atoms with Gasteiger partial charge >= 0.3 is 5.97 Å². The molecule has 0 aromatic carbocycles. The van der Waals surface area contributed by atoms with Crippen molar-refractivity contribution in [3.05, 3.63) is 15.8 Å². The molecule has 0 unspecified atom stereocenters. The van der Waals surface area contributed by atoms with Crippen molar-refractivity contribution in [3.63, 3.8) is 0 Å². The lowest BCUT2D eigenvalue weighted by Gasteiger charge is -2.21. The SMILES string of the molecule is Cc1csc(C(=O)O)c1NC(=O)C(C)(C)S(C)(=O)=O. The van der Waals surface area contributed by atoms with Crippen molar-refractivity contribution in [3.8, 4) is 0 Å². The maximum absolute atomic E-state index is 12.0. The molecule has 1 aromatic heterocycles. The normalized spacial score (nSPS) is 12.2. The largest absolute Gasteiger partial charge is 0.477 e. The van der Waals surface area contributed by atoms with Gasteiger partial charge in [-0.1, -0.05) is 0 Å². The number of carbonyl (C=O) groups is 2. The summed E-state index contributed by atoms with van der Waals surface area (Å²) >= 11 is 0.981. The second-order valence-electron chi connectivity index (χ2n) is 4.66. The monoisotopic (exact) mass is 305 g/mol. The van der Waals surface area contributed by atoms with Gasteiger partial charge < -0.3 is 10.4 Å². The Labute approximate surface area is 115 Å². The second-order valence-corrected chi connectivity index (χ2v) is 8.11. The zero-order chi connectivity index (χ0) is 15.0. The molecule has 0 saturated carbocycles. The molecule has 0 saturated heterocycles. The molecule has 1 amide bonds. The van der Waals surface area contributed by atoms with Crippen molar-refractivity contribution in [2.45, 2.75) is 25.5 Å². The van der Waals surface area contributed by atoms with E-state index in [0.717, 1.165) is 17.6 Å². The van der Waals surface area contributed by atoms with Crippen LogP contribution in [0, 0.1) is 6.92 Å². The standard InChI is InChI=1S/C11H15NO5S2/c1-6-5-18-8(9(13)14)7(6)12-10(15)11(2,3)19(4,16)17/h5H,1-4H3,(H,12,15)(H,13,14). The number of rotatable bonds is 4. The van der Waals surface area contributed by atoms with Crippen LogP contribution in [0.2, 0.25) is 0 Å². The fourth-order valence-electron chi connectivity index (χ4n) is 1.19. The molecule has 8 heteroatoms. The van der Waals surface area contributed by atoms with Crippen molar-refractivity contribution in [1.29, 1.82) is 0 Å². The molecule has 0 aliphatic heterocycles. The van der Waals surface area contributed by atoms with E-state index in [4.69, 9.17) is 5.11 Å². The molecule has 19 heavy (non-hydrogen) atoms. The third kappa shape index (κ3) is 2.95. The van der Waals surface area contributed by atoms with Crippen LogP contribution in [0.4, 0.5) is 5.69 Å². The lowest BCUT2D eigenvalue weighted by Crippen LogP contribution is -2.44. The average Bonchev–Trinajstić information content (AvgIpc) is 2.58. The van der Waals surface area contributed by atoms with Crippen LogP contribution in [0.5, 0.6) is 0 Å². The molecular formula is C11H15NO5S2. The number of carboxylic acid groups (broad SMARTS) is 1. The van der Waals surface area contributed by atoms with Crippen molar-refractivity contribution >= 4 is 38.7 Å². The molecule has 2 N–H and O–H groups in total. The van der Waals surface area contributed by atoms with Crippen LogP contribution < -0.4 is 5.32 Å². The number of hydrogen-bond acceptors (Lipinski definition) is 5. The summed E-state index contributed by atoms with van der Waals surface area (Å²) in [6.45, 7) is 4.20. The van der Waals surface area contributed by atoms with E-state index in [9.17, 15) is 18.0 Å². The van der Waals surface area contributed by atoms with Gasteiger partial charge in [0, 0.05) is 6.26 Å². The van der Waals surface area contributed by atoms with Gasteiger partial charge in [-0.3, -0.25) is 4.79 Å². The number of carbonyl (C=O) groups excluding carboxylic acids is 1. The van der Waals surface area contributed by atoms with E-state index in [1.165, 1.54) is 13.8 Å². The second kappa shape index (κ2) is 4.93. The molecule has 0 fully saturated rings. The van der Waals surface area contributed by atoms with E-state index in [1.54, 1.807) is 12.3 Å². The van der Waals surface area contributed by atoms with Crippen molar-refractivity contribution in [2.75, 3.05) is 11.6 Å². The summed E-state index contributed by atoms with van der Waals surface area (Å²) in [6.07, 6.45) is 0.963. The van der Waals surface area contributed by atoms with Crippen molar-refractivity contribution in [2.24, 2.45) is 0 Å². The summed E-state index contributed by atoms with van der Waals surface area (Å²) in [5, 5.41) is 13.0. The van der Waals surface area contributed by atoms with Crippen LogP contribution in [0.15, 0.2) is 5.38 Å². The van der Waals surface area contributed by atoms with E-state index in [0.29, 0.717) is 5.56 Å². The van der Waals surface area contributed by atoms with Crippen LogP contribution in [-0.4, -0.2) is 36.4 Å². The van der Waals surface area contributed by atoms with Gasteiger partial charge in [-0.25, -0.2) is 13.2 Å². The third-order valence-electron chi connectivity index (χ3n) is 2.88. The minimum Gasteiger partial charge on any atom is -0.477 e. The first kappa shape index (κ1) is 15.6. The number of thiophene rings is 1. The van der Waals surface area contributed by atoms with E-state index in [2.05, 4.69) is 5.32 Å². The zero-order valence-electron chi connectivity index (χ0n) is 11.0. The highest BCUT2D eigenvalue weighted by Crippen LogP contribution is 2.29. The average molecular weight is 305 g/mol. The Kier molecular flexibility index (Phi) is 4.06. The lowest BCUT2D eigenvalue weighted by molar-refractivity contribution is -0.117. The van der Waals surface area contributed by atoms with Gasteiger partial charge in [0.25, 0.3) is 0 Å². The molecule has 0 atom stereocenters. The molecule has 1 heterocycles. The van der Waals surface area contributed by atoms with Crippen LogP contribution in [0.1, 0.15) is 29.1 Å². The summed E-state index contributed by atoms with van der Waals surface area (Å²) in [6, 6.07) is 0. The Balaban J connectivity index is 3.15. The summed E-state index contributed by atoms with van der Waals surface area (Å²) in [5.74, 6) is -1.91. The Morgan fingerprint density at radius 3 is 2.32 bits per heavy atom. The zero-order valence-corrected chi connectivity index (χ0v) is 12.6. The third-order valence-corrected chi connectivity index (χ3v) is 6.01. The minimum atomic E-state index is -3.61. The lowest BCUT2D eigenvalue weighted by atomic mass is 10.1. The molecule has 6 nitrogen and oxygen atoms in total. The number of hydrogen-bond donors (Lipinski definition) is 2. The molecule has 0 aliphatic rings. The first-order valence-electron chi connectivity index (χ1n) is 5.31. The highest BCUT2D eigenvalue weighted by molar-refractivity contribution is 7.92. The summed E-state index contributed by atoms with van der Waals surface area (Å²) in [4.78, 5) is 23.0. The fraction of sp³-hybridized carbons (Fsp3) is 0.455. The number of sulfone groups is 1. The molecule has 0 aliphatic carbocycles. The van der Waals surface area contributed by atoms with Crippen LogP contribution >= 0.6 is 11.3 Å². The fourth-order valence-corrected chi connectivity index (χ4v) is 2.42. The van der Waals surface area contributed by atoms with Crippen LogP contribution in [0.3, 0.4) is 0 Å². The Morgan fingerprint density at radius 1 is 1.37 bits per heavy atom. The smallest absolute Gasteiger partial charge is 0.348 e. The Morgan fingerprint density at radius 2 is 1.89 bits per heavy atom. The van der Waals surface area contributed by atoms with Gasteiger partial charge in [-0.15, -0.1) is 11.3 Å². The molecule has 106 valence electrons. The van der Waals surface area contributed by atoms with Crippen LogP contribution in [-0.2, 0) is 14.6 Å². The Bertz CT molecular complexity index is 628. The van der Waals surface area contributed by atoms with Crippen molar-refractivity contribution < 1.29 is 23.1 Å². The molecule has 0 spiro atoms. The number of nitrogens with one attached hydrogen (secondary N) is 1. The highest BCUT2D eigenvalue weighted by atomic mass is 32.2. The number of anilines is 1. The van der Waals surface area contributed by atoms with E-state index >= 15 is 0 Å². The number of aromatic carboxylic acids is 1. The molecule has 0 bridgehead atoms. The summed E-state index contributed by atoms with van der Waals surface area (Å²) < 4.78 is 21.5. The predicted molar refractivity (Wildman–Crippen MR) is 73.6 cm³/mol. The minimum absolute atomic E-state index is 0.0184. The van der Waals surface area contributed by atoms with Gasteiger partial charge in [0.15, 0.2) is 9.84 Å². The maximum Gasteiger partial charge on any atom is 0.348 e. The summed E-state index contributed by atoms with van der Waals surface area (Å²) in [5.41, 5.74) is 0.735. The quantitative estimate of drug-likeness (QED) is 0.878. The topological polar surface area (TPSA) is 101 Å². The van der Waals surface area contributed by atoms with Gasteiger partial charge in [0.05, 0.1) is 5.69 Å². The maximum atomic E-state index is 12.0. The van der Waals surface area contributed by atoms with E-state index in [1.807, 2.05) is 0 Å². The molecule has 0 radical (unpaired) electrons. The van der Waals surface area contributed by atoms with Gasteiger partial charge in [-0.05, 0) is 31.7 Å². The molecule has 1 aromatic rings. The number of aryl methyl sites for hydroxylation is 1. The number of amides is 1. The van der Waals surface area contributed by atoms with Crippen LogP contribution in [0.25, 0.3) is 0 Å².